The van der Waals surface area contributed by atoms with Crippen molar-refractivity contribution in [2.75, 3.05) is 21.3 Å². The first-order valence-corrected chi connectivity index (χ1v) is 17.7. The molecule has 0 radical (unpaired) electrons. The van der Waals surface area contributed by atoms with Crippen LogP contribution >= 0.6 is 0 Å². The van der Waals surface area contributed by atoms with E-state index in [2.05, 4.69) is 119 Å². The van der Waals surface area contributed by atoms with Crippen LogP contribution in [0.2, 0.25) is 0 Å². The molecular weight excluding hydrogens is 669 g/mol. The molecule has 0 saturated carbocycles. The number of H-pyrrole nitrogens is 2. The maximum absolute atomic E-state index is 5.55. The lowest BCUT2D eigenvalue weighted by molar-refractivity contribution is 0.415. The van der Waals surface area contributed by atoms with Crippen LogP contribution < -0.4 is 14.2 Å². The van der Waals surface area contributed by atoms with Crippen molar-refractivity contribution in [2.45, 2.75) is 0 Å². The van der Waals surface area contributed by atoms with E-state index >= 15 is 0 Å². The van der Waals surface area contributed by atoms with Gasteiger partial charge in [-0.05, 0) is 107 Å². The predicted octanol–water partition coefficient (Wildman–Crippen LogP) is 11.3. The molecule has 2 aliphatic heterocycles. The fraction of sp³-hybridized carbons (Fsp3) is 0.0638. The van der Waals surface area contributed by atoms with Gasteiger partial charge in [0.1, 0.15) is 17.2 Å². The molecule has 7 aromatic rings. The van der Waals surface area contributed by atoms with Gasteiger partial charge in [-0.3, -0.25) is 0 Å². The first kappa shape index (κ1) is 32.8. The minimum absolute atomic E-state index is 0.784. The number of aromatic amines is 2. The summed E-state index contributed by atoms with van der Waals surface area (Å²) in [4.78, 5) is 18.2. The molecule has 0 unspecified atom stereocenters. The van der Waals surface area contributed by atoms with Gasteiger partial charge >= 0.3 is 0 Å². The Hall–Kier alpha value is -7.12. The summed E-state index contributed by atoms with van der Waals surface area (Å²) in [6.45, 7) is 0. The predicted molar refractivity (Wildman–Crippen MR) is 220 cm³/mol. The second-order valence-corrected chi connectivity index (χ2v) is 13.1. The van der Waals surface area contributed by atoms with Crippen LogP contribution in [-0.2, 0) is 0 Å². The highest BCUT2D eigenvalue weighted by atomic mass is 16.5. The highest BCUT2D eigenvalue weighted by molar-refractivity contribution is 6.01. The number of rotatable bonds is 7. The van der Waals surface area contributed by atoms with Gasteiger partial charge in [-0.15, -0.1) is 0 Å². The van der Waals surface area contributed by atoms with Crippen molar-refractivity contribution in [3.8, 4) is 61.8 Å². The molecule has 3 aromatic heterocycles. The molecule has 0 amide bonds. The van der Waals surface area contributed by atoms with E-state index in [-0.39, 0.29) is 0 Å². The van der Waals surface area contributed by atoms with Crippen molar-refractivity contribution in [1.29, 1.82) is 0 Å². The Bertz CT molecular complexity index is 2740. The zero-order valence-corrected chi connectivity index (χ0v) is 30.1. The number of hydrogen-bond acceptors (Lipinski definition) is 5. The lowest BCUT2D eigenvalue weighted by atomic mass is 9.99. The third-order valence-electron chi connectivity index (χ3n) is 9.91. The molecule has 0 atom stereocenters. The average molecular weight is 705 g/mol. The van der Waals surface area contributed by atoms with Crippen molar-refractivity contribution in [3.63, 3.8) is 0 Å². The second kappa shape index (κ2) is 13.8. The van der Waals surface area contributed by atoms with E-state index in [4.69, 9.17) is 24.2 Å². The summed E-state index contributed by atoms with van der Waals surface area (Å²) in [7, 11) is 5.04. The number of nitrogens with zero attached hydrogens (tertiary/aromatic N) is 2. The molecule has 7 heteroatoms. The van der Waals surface area contributed by atoms with Crippen LogP contribution in [0, 0.1) is 0 Å². The summed E-state index contributed by atoms with van der Waals surface area (Å²) < 4.78 is 16.6. The van der Waals surface area contributed by atoms with Crippen LogP contribution in [0.5, 0.6) is 17.2 Å². The summed E-state index contributed by atoms with van der Waals surface area (Å²) in [5.41, 5.74) is 15.2. The molecule has 5 heterocycles. The summed E-state index contributed by atoms with van der Waals surface area (Å²) in [6, 6.07) is 43.4. The quantitative estimate of drug-likeness (QED) is 0.172. The van der Waals surface area contributed by atoms with E-state index in [0.29, 0.717) is 0 Å². The second-order valence-electron chi connectivity index (χ2n) is 13.1. The third kappa shape index (κ3) is 6.01. The molecule has 2 N–H and O–H groups in total. The topological polar surface area (TPSA) is 85.1 Å². The van der Waals surface area contributed by atoms with E-state index in [1.165, 1.54) is 0 Å². The smallest absolute Gasteiger partial charge is 0.118 e. The van der Waals surface area contributed by atoms with E-state index in [9.17, 15) is 0 Å². The van der Waals surface area contributed by atoms with E-state index < -0.39 is 0 Å². The molecule has 7 nitrogen and oxygen atoms in total. The van der Waals surface area contributed by atoms with Gasteiger partial charge in [0.2, 0.25) is 0 Å². The van der Waals surface area contributed by atoms with Crippen LogP contribution in [-0.4, -0.2) is 41.3 Å². The summed E-state index contributed by atoms with van der Waals surface area (Å²) >= 11 is 0. The number of benzene rings is 4. The van der Waals surface area contributed by atoms with Gasteiger partial charge < -0.3 is 24.2 Å². The molecule has 4 aromatic carbocycles. The van der Waals surface area contributed by atoms with Gasteiger partial charge in [0.25, 0.3) is 0 Å². The highest BCUT2D eigenvalue weighted by Crippen LogP contribution is 2.40. The molecular formula is C47H36N4O3. The van der Waals surface area contributed by atoms with Crippen molar-refractivity contribution >= 4 is 46.4 Å². The van der Waals surface area contributed by atoms with Crippen LogP contribution in [0.25, 0.3) is 90.9 Å². The Labute approximate surface area is 312 Å². The number of ether oxygens (including phenoxy) is 3. The monoisotopic (exact) mass is 704 g/mol. The molecule has 262 valence electrons. The van der Waals surface area contributed by atoms with Gasteiger partial charge in [-0.1, -0.05) is 66.7 Å². The van der Waals surface area contributed by atoms with Gasteiger partial charge in [0.05, 0.1) is 49.6 Å². The molecule has 54 heavy (non-hydrogen) atoms. The molecule has 9 rings (SSSR count). The molecule has 0 saturated heterocycles. The first-order valence-electron chi connectivity index (χ1n) is 17.7. The lowest BCUT2D eigenvalue weighted by Gasteiger charge is -2.09. The maximum atomic E-state index is 5.55. The minimum atomic E-state index is 0.784. The normalized spacial score (nSPS) is 11.8. The van der Waals surface area contributed by atoms with E-state index in [1.807, 2.05) is 42.5 Å². The number of nitrogens with one attached hydrogen (secondary N) is 2. The fourth-order valence-corrected chi connectivity index (χ4v) is 7.26. The summed E-state index contributed by atoms with van der Waals surface area (Å²) in [5, 5.41) is 0. The standard InChI is InChI=1S/C47H36N4O3/c1-52-35-16-9-30(10-17-35)44-39-22-15-33(48-39)27-34-28-38(29-7-5-4-6-8-29)47(49-34)46(32-13-20-37(54-3)21-14-32)43-26-25-42(51-43)45(41-24-23-40(44)50-41)31-11-18-36(53-2)19-12-31/h4-28,49-50H,1-3H3. The Morgan fingerprint density at radius 1 is 0.426 bits per heavy atom. The first-order chi connectivity index (χ1) is 26.6. The van der Waals surface area contributed by atoms with Gasteiger partial charge in [0, 0.05) is 38.8 Å². The Kier molecular flexibility index (Phi) is 8.36. The van der Waals surface area contributed by atoms with Crippen LogP contribution in [0.3, 0.4) is 0 Å². The third-order valence-corrected chi connectivity index (χ3v) is 9.91. The Balaban J connectivity index is 1.44. The number of aromatic nitrogens is 4. The number of hydrogen-bond donors (Lipinski definition) is 2. The summed E-state index contributed by atoms with van der Waals surface area (Å²) in [6.07, 6.45) is 8.36. The Morgan fingerprint density at radius 2 is 0.907 bits per heavy atom. The SMILES string of the molecule is COc1ccc(-c2c3nc(cc4cc(-c5ccccc5)c([nH]4)c(-c4ccc(OC)cc4)c4nc(c(-c5ccc(OC)cc5)c5ccc2[nH]5)C=C4)C=C3)cc1. The number of methoxy groups -OCH3 is 3. The average Bonchev–Trinajstić information content (AvgIpc) is 4.06. The summed E-state index contributed by atoms with van der Waals surface area (Å²) in [5.74, 6) is 2.36. The number of fused-ring (bicyclic) bond motifs is 8. The molecule has 0 spiro atoms. The van der Waals surface area contributed by atoms with Crippen molar-refractivity contribution in [3.05, 3.63) is 150 Å². The fourth-order valence-electron chi connectivity index (χ4n) is 7.26. The minimum Gasteiger partial charge on any atom is -0.497 e. The van der Waals surface area contributed by atoms with Crippen LogP contribution in [0.4, 0.5) is 0 Å². The zero-order chi connectivity index (χ0) is 36.6. The van der Waals surface area contributed by atoms with Gasteiger partial charge in [-0.25, -0.2) is 9.97 Å². The van der Waals surface area contributed by atoms with Crippen molar-refractivity contribution < 1.29 is 14.2 Å². The highest BCUT2D eigenvalue weighted by Gasteiger charge is 2.19. The van der Waals surface area contributed by atoms with Gasteiger partial charge in [-0.2, -0.15) is 0 Å². The van der Waals surface area contributed by atoms with Crippen LogP contribution in [0.15, 0.2) is 127 Å². The van der Waals surface area contributed by atoms with E-state index in [0.717, 1.165) is 107 Å². The molecule has 0 aliphatic carbocycles. The molecule has 2 aliphatic rings. The molecule has 0 fully saturated rings. The zero-order valence-electron chi connectivity index (χ0n) is 30.1. The van der Waals surface area contributed by atoms with Crippen LogP contribution in [0.1, 0.15) is 22.8 Å². The van der Waals surface area contributed by atoms with Gasteiger partial charge in [0.15, 0.2) is 0 Å². The molecule has 8 bridgehead atoms. The van der Waals surface area contributed by atoms with E-state index in [1.54, 1.807) is 21.3 Å². The largest absolute Gasteiger partial charge is 0.497 e. The Morgan fingerprint density at radius 3 is 1.44 bits per heavy atom. The lowest BCUT2D eigenvalue weighted by Crippen LogP contribution is -1.90. The van der Waals surface area contributed by atoms with Crippen molar-refractivity contribution in [1.82, 2.24) is 19.9 Å². The van der Waals surface area contributed by atoms with Crippen molar-refractivity contribution in [2.24, 2.45) is 0 Å². The maximum Gasteiger partial charge on any atom is 0.118 e.